The molecule has 1 N–H and O–H groups in total. The summed E-state index contributed by atoms with van der Waals surface area (Å²) < 4.78 is 0. The number of aliphatic imine (C=N–C) groups is 1. The SMILES string of the molecule is CC/C(Nc1c(C)cccc1C(C)(C)CC)=C(/C(=NC)c1cc(C)cc(C)c1)c1ccccc1. The van der Waals surface area contributed by atoms with Gasteiger partial charge >= 0.3 is 0 Å². The highest BCUT2D eigenvalue weighted by Crippen LogP contribution is 2.37. The van der Waals surface area contributed by atoms with Crippen LogP contribution in [0.3, 0.4) is 0 Å². The third-order valence-corrected chi connectivity index (χ3v) is 6.84. The number of hydrogen-bond acceptors (Lipinski definition) is 2. The molecular formula is C32H40N2. The van der Waals surface area contributed by atoms with Gasteiger partial charge in [-0.05, 0) is 67.9 Å². The summed E-state index contributed by atoms with van der Waals surface area (Å²) in [4.78, 5) is 4.86. The van der Waals surface area contributed by atoms with Crippen LogP contribution in [0.25, 0.3) is 5.57 Å². The minimum Gasteiger partial charge on any atom is -0.358 e. The Bertz CT molecular complexity index is 1180. The minimum absolute atomic E-state index is 0.0788. The Balaban J connectivity index is 2.29. The maximum absolute atomic E-state index is 4.86. The molecule has 0 saturated heterocycles. The van der Waals surface area contributed by atoms with Crippen molar-refractivity contribution in [3.63, 3.8) is 0 Å². The second-order valence-corrected chi connectivity index (χ2v) is 9.88. The van der Waals surface area contributed by atoms with Gasteiger partial charge in [0.15, 0.2) is 0 Å². The van der Waals surface area contributed by atoms with E-state index in [4.69, 9.17) is 4.99 Å². The van der Waals surface area contributed by atoms with E-state index in [0.29, 0.717) is 0 Å². The Morgan fingerprint density at radius 1 is 0.824 bits per heavy atom. The normalized spacial score (nSPS) is 13.0. The van der Waals surface area contributed by atoms with Crippen LogP contribution >= 0.6 is 0 Å². The molecule has 0 aromatic heterocycles. The van der Waals surface area contributed by atoms with Gasteiger partial charge in [0.05, 0.1) is 5.71 Å². The average Bonchev–Trinajstić information content (AvgIpc) is 2.82. The molecule has 0 amide bonds. The molecule has 0 radical (unpaired) electrons. The van der Waals surface area contributed by atoms with Crippen LogP contribution in [0.5, 0.6) is 0 Å². The summed E-state index contributed by atoms with van der Waals surface area (Å²) in [7, 11) is 1.91. The summed E-state index contributed by atoms with van der Waals surface area (Å²) in [5.74, 6) is 0. The van der Waals surface area contributed by atoms with Crippen molar-refractivity contribution in [1.82, 2.24) is 0 Å². The summed E-state index contributed by atoms with van der Waals surface area (Å²) >= 11 is 0. The molecule has 0 bridgehead atoms. The molecule has 2 nitrogen and oxygen atoms in total. The van der Waals surface area contributed by atoms with Crippen LogP contribution in [-0.2, 0) is 5.41 Å². The number of allylic oxidation sites excluding steroid dienone is 2. The molecule has 3 aromatic rings. The van der Waals surface area contributed by atoms with Crippen molar-refractivity contribution < 1.29 is 0 Å². The lowest BCUT2D eigenvalue weighted by molar-refractivity contribution is 0.507. The Morgan fingerprint density at radius 2 is 1.47 bits per heavy atom. The third-order valence-electron chi connectivity index (χ3n) is 6.84. The molecule has 0 atom stereocenters. The van der Waals surface area contributed by atoms with E-state index < -0.39 is 0 Å². The van der Waals surface area contributed by atoms with E-state index in [9.17, 15) is 0 Å². The molecule has 0 heterocycles. The molecule has 34 heavy (non-hydrogen) atoms. The molecule has 178 valence electrons. The first-order chi connectivity index (χ1) is 16.2. The highest BCUT2D eigenvalue weighted by Gasteiger charge is 2.24. The van der Waals surface area contributed by atoms with Crippen molar-refractivity contribution in [2.24, 2.45) is 4.99 Å². The quantitative estimate of drug-likeness (QED) is 0.340. The second-order valence-electron chi connectivity index (χ2n) is 9.88. The third kappa shape index (κ3) is 5.50. The lowest BCUT2D eigenvalue weighted by Crippen LogP contribution is -2.20. The van der Waals surface area contributed by atoms with E-state index >= 15 is 0 Å². The lowest BCUT2D eigenvalue weighted by Gasteiger charge is -2.29. The van der Waals surface area contributed by atoms with Gasteiger partial charge in [-0.15, -0.1) is 0 Å². The predicted molar refractivity (Wildman–Crippen MR) is 150 cm³/mol. The van der Waals surface area contributed by atoms with Crippen LogP contribution in [0.15, 0.2) is 77.4 Å². The molecule has 0 spiro atoms. The van der Waals surface area contributed by atoms with Crippen molar-refractivity contribution in [3.8, 4) is 0 Å². The maximum atomic E-state index is 4.86. The first-order valence-corrected chi connectivity index (χ1v) is 12.4. The first kappa shape index (κ1) is 25.5. The highest BCUT2D eigenvalue weighted by atomic mass is 14.9. The minimum atomic E-state index is 0.0788. The molecule has 0 aliphatic heterocycles. The standard InChI is InChI=1S/C32H40N2/c1-9-28(34-30-24(5)15-14-18-27(30)32(6,7)10-2)29(25-16-12-11-13-17-25)31(33-8)26-20-22(3)19-23(4)21-26/h11-21,34H,9-10H2,1-8H3/b29-28-,33-31?. The Morgan fingerprint density at radius 3 is 2.03 bits per heavy atom. The highest BCUT2D eigenvalue weighted by molar-refractivity contribution is 6.32. The van der Waals surface area contributed by atoms with Gasteiger partial charge in [0.2, 0.25) is 0 Å². The number of benzene rings is 3. The van der Waals surface area contributed by atoms with Gasteiger partial charge < -0.3 is 5.32 Å². The van der Waals surface area contributed by atoms with Crippen LogP contribution in [0, 0.1) is 20.8 Å². The second kappa shape index (κ2) is 10.9. The topological polar surface area (TPSA) is 24.4 Å². The van der Waals surface area contributed by atoms with Crippen molar-refractivity contribution >= 4 is 17.0 Å². The van der Waals surface area contributed by atoms with Crippen molar-refractivity contribution in [2.75, 3.05) is 12.4 Å². The van der Waals surface area contributed by atoms with E-state index in [2.05, 4.69) is 121 Å². The fourth-order valence-corrected chi connectivity index (χ4v) is 4.62. The summed E-state index contributed by atoms with van der Waals surface area (Å²) in [6.45, 7) is 15.7. The molecule has 0 aliphatic carbocycles. The first-order valence-electron chi connectivity index (χ1n) is 12.4. The van der Waals surface area contributed by atoms with Crippen LogP contribution in [-0.4, -0.2) is 12.8 Å². The summed E-state index contributed by atoms with van der Waals surface area (Å²) in [5, 5.41) is 3.92. The number of anilines is 1. The Kier molecular flexibility index (Phi) is 8.15. The van der Waals surface area contributed by atoms with Gasteiger partial charge in [-0.2, -0.15) is 0 Å². The number of para-hydroxylation sites is 1. The van der Waals surface area contributed by atoms with Crippen LogP contribution < -0.4 is 5.32 Å². The lowest BCUT2D eigenvalue weighted by atomic mass is 9.80. The zero-order valence-corrected chi connectivity index (χ0v) is 22.2. The number of nitrogens with zero attached hydrogens (tertiary/aromatic N) is 1. The largest absolute Gasteiger partial charge is 0.358 e. The number of nitrogens with one attached hydrogen (secondary N) is 1. The number of hydrogen-bond donors (Lipinski definition) is 1. The fraction of sp³-hybridized carbons (Fsp3) is 0.344. The van der Waals surface area contributed by atoms with E-state index in [0.717, 1.165) is 24.1 Å². The monoisotopic (exact) mass is 452 g/mol. The van der Waals surface area contributed by atoms with Crippen LogP contribution in [0.2, 0.25) is 0 Å². The zero-order chi connectivity index (χ0) is 24.9. The zero-order valence-electron chi connectivity index (χ0n) is 22.2. The molecule has 3 rings (SSSR count). The van der Waals surface area contributed by atoms with Crippen LogP contribution in [0.1, 0.15) is 73.9 Å². The number of aryl methyl sites for hydroxylation is 3. The fourth-order valence-electron chi connectivity index (χ4n) is 4.62. The van der Waals surface area contributed by atoms with E-state index in [1.54, 1.807) is 0 Å². The van der Waals surface area contributed by atoms with E-state index in [-0.39, 0.29) is 5.41 Å². The smallest absolute Gasteiger partial charge is 0.0739 e. The summed E-state index contributed by atoms with van der Waals surface area (Å²) in [6.07, 6.45) is 1.94. The molecule has 0 unspecified atom stereocenters. The summed E-state index contributed by atoms with van der Waals surface area (Å²) in [6, 6.07) is 24.0. The van der Waals surface area contributed by atoms with Crippen molar-refractivity contribution in [3.05, 3.63) is 106 Å². The molecular weight excluding hydrogens is 412 g/mol. The number of rotatable bonds is 8. The van der Waals surface area contributed by atoms with E-state index in [1.165, 1.54) is 44.8 Å². The van der Waals surface area contributed by atoms with Gasteiger partial charge in [-0.25, -0.2) is 0 Å². The Hall–Kier alpha value is -3.13. The molecule has 0 fully saturated rings. The summed E-state index contributed by atoms with van der Waals surface area (Å²) in [5.41, 5.74) is 12.1. The molecule has 2 heteroatoms. The molecule has 0 aliphatic rings. The van der Waals surface area contributed by atoms with Crippen LogP contribution in [0.4, 0.5) is 5.69 Å². The van der Waals surface area contributed by atoms with Gasteiger partial charge in [-0.1, -0.05) is 93.4 Å². The van der Waals surface area contributed by atoms with Crippen molar-refractivity contribution in [2.45, 2.75) is 66.7 Å². The van der Waals surface area contributed by atoms with E-state index in [1.807, 2.05) is 7.05 Å². The van der Waals surface area contributed by atoms with Gasteiger partial charge in [-0.3, -0.25) is 4.99 Å². The average molecular weight is 453 g/mol. The Labute approximate surface area is 206 Å². The van der Waals surface area contributed by atoms with Crippen molar-refractivity contribution in [1.29, 1.82) is 0 Å². The molecule has 3 aromatic carbocycles. The van der Waals surface area contributed by atoms with Gasteiger partial charge in [0.25, 0.3) is 0 Å². The maximum Gasteiger partial charge on any atom is 0.0739 e. The van der Waals surface area contributed by atoms with Gasteiger partial charge in [0.1, 0.15) is 0 Å². The van der Waals surface area contributed by atoms with Gasteiger partial charge in [0, 0.05) is 29.6 Å². The predicted octanol–water partition coefficient (Wildman–Crippen LogP) is 8.65. The molecule has 0 saturated carbocycles.